The molecule has 2 aliphatic rings. The molecule has 35 heavy (non-hydrogen) atoms. The highest BCUT2D eigenvalue weighted by molar-refractivity contribution is 7.12. The topological polar surface area (TPSA) is 49.9 Å². The maximum absolute atomic E-state index is 13.6. The lowest BCUT2D eigenvalue weighted by Gasteiger charge is -2.37. The van der Waals surface area contributed by atoms with Gasteiger partial charge in [0.15, 0.2) is 0 Å². The van der Waals surface area contributed by atoms with Crippen molar-refractivity contribution in [1.29, 1.82) is 0 Å². The van der Waals surface area contributed by atoms with Gasteiger partial charge in [-0.05, 0) is 77.3 Å². The summed E-state index contributed by atoms with van der Waals surface area (Å²) in [6.07, 6.45) is 3.12. The van der Waals surface area contributed by atoms with E-state index in [0.29, 0.717) is 36.4 Å². The molecule has 1 atom stereocenters. The first-order chi connectivity index (χ1) is 17.0. The molecule has 3 heterocycles. The number of benzene rings is 1. The van der Waals surface area contributed by atoms with E-state index in [4.69, 9.17) is 4.74 Å². The molecule has 1 aliphatic carbocycles. The van der Waals surface area contributed by atoms with Gasteiger partial charge < -0.3 is 14.5 Å². The number of carbonyl (C=O) groups is 2. The van der Waals surface area contributed by atoms with Gasteiger partial charge >= 0.3 is 0 Å². The zero-order valence-electron chi connectivity index (χ0n) is 20.3. The van der Waals surface area contributed by atoms with Crippen LogP contribution in [0.3, 0.4) is 0 Å². The highest BCUT2D eigenvalue weighted by Crippen LogP contribution is 2.35. The minimum atomic E-state index is -0.151. The number of fused-ring (bicyclic) bond motifs is 1. The Bertz CT molecular complexity index is 1150. The predicted molar refractivity (Wildman–Crippen MR) is 141 cm³/mol. The molecule has 5 rings (SSSR count). The molecule has 0 unspecified atom stereocenters. The molecule has 0 saturated heterocycles. The molecule has 0 radical (unpaired) electrons. The minimum Gasteiger partial charge on any atom is -0.491 e. The minimum absolute atomic E-state index is 0.00355. The zero-order valence-corrected chi connectivity index (χ0v) is 21.9. The number of hydrogen-bond acceptors (Lipinski definition) is 5. The number of hydrogen-bond donors (Lipinski definition) is 0. The fourth-order valence-corrected chi connectivity index (χ4v) is 6.26. The highest BCUT2D eigenvalue weighted by Gasteiger charge is 2.35. The molecule has 2 aromatic heterocycles. The second-order valence-electron chi connectivity index (χ2n) is 9.79. The maximum atomic E-state index is 13.6. The van der Waals surface area contributed by atoms with Crippen molar-refractivity contribution >= 4 is 34.5 Å². The van der Waals surface area contributed by atoms with Gasteiger partial charge in [0.25, 0.3) is 5.91 Å². The standard InChI is InChI=1S/C28H32N2O3S2/c1-19(2)21-7-9-22(10-8-21)33-18-24-23-12-15-35-25(23)11-13-30(24)27(31)17-29(16-20-5-6-20)28(32)26-4-3-14-34-26/h3-4,7-10,12,14-15,19-20,24H,5-6,11,13,16-18H2,1-2H3/t24-/m0/s1. The summed E-state index contributed by atoms with van der Waals surface area (Å²) in [4.78, 5) is 32.5. The van der Waals surface area contributed by atoms with Crippen LogP contribution < -0.4 is 4.74 Å². The van der Waals surface area contributed by atoms with Gasteiger partial charge in [-0.1, -0.05) is 32.0 Å². The van der Waals surface area contributed by atoms with Gasteiger partial charge in [-0.15, -0.1) is 22.7 Å². The molecular formula is C28H32N2O3S2. The molecule has 0 spiro atoms. The Hall–Kier alpha value is -2.64. The Morgan fingerprint density at radius 2 is 1.89 bits per heavy atom. The number of rotatable bonds is 9. The van der Waals surface area contributed by atoms with E-state index in [1.807, 2.05) is 34.5 Å². The first-order valence-electron chi connectivity index (χ1n) is 12.4. The van der Waals surface area contributed by atoms with Crippen molar-refractivity contribution in [1.82, 2.24) is 9.80 Å². The molecule has 1 saturated carbocycles. The fraction of sp³-hybridized carbons (Fsp3) is 0.429. The lowest BCUT2D eigenvalue weighted by Crippen LogP contribution is -2.48. The average molecular weight is 509 g/mol. The van der Waals surface area contributed by atoms with E-state index in [9.17, 15) is 9.59 Å². The molecule has 2 amide bonds. The third-order valence-electron chi connectivity index (χ3n) is 6.89. The van der Waals surface area contributed by atoms with Crippen molar-refractivity contribution in [2.75, 3.05) is 26.2 Å². The van der Waals surface area contributed by atoms with Gasteiger partial charge in [0.1, 0.15) is 18.9 Å². The summed E-state index contributed by atoms with van der Waals surface area (Å²) in [5, 5.41) is 4.01. The summed E-state index contributed by atoms with van der Waals surface area (Å²) < 4.78 is 6.20. The Kier molecular flexibility index (Phi) is 7.25. The number of amides is 2. The van der Waals surface area contributed by atoms with E-state index in [1.54, 1.807) is 16.2 Å². The first kappa shape index (κ1) is 24.1. The molecule has 1 aromatic carbocycles. The third-order valence-corrected chi connectivity index (χ3v) is 8.75. The van der Waals surface area contributed by atoms with Crippen LogP contribution in [0, 0.1) is 5.92 Å². The number of ether oxygens (including phenoxy) is 1. The highest BCUT2D eigenvalue weighted by atomic mass is 32.1. The fourth-order valence-electron chi connectivity index (χ4n) is 4.64. The molecule has 0 bridgehead atoms. The zero-order chi connectivity index (χ0) is 24.4. The second-order valence-corrected chi connectivity index (χ2v) is 11.7. The maximum Gasteiger partial charge on any atom is 0.264 e. The van der Waals surface area contributed by atoms with Crippen LogP contribution in [-0.2, 0) is 11.2 Å². The summed E-state index contributed by atoms with van der Waals surface area (Å²) >= 11 is 3.18. The summed E-state index contributed by atoms with van der Waals surface area (Å²) in [5.74, 6) is 1.76. The SMILES string of the molecule is CC(C)c1ccc(OC[C@H]2c3ccsc3CCN2C(=O)CN(CC2CC2)C(=O)c2cccs2)cc1. The predicted octanol–water partition coefficient (Wildman–Crippen LogP) is 5.99. The van der Waals surface area contributed by atoms with Gasteiger partial charge in [0.05, 0.1) is 10.9 Å². The molecule has 1 aliphatic heterocycles. The van der Waals surface area contributed by atoms with Gasteiger partial charge in [-0.2, -0.15) is 0 Å². The number of carbonyl (C=O) groups excluding carboxylic acids is 2. The Balaban J connectivity index is 1.31. The van der Waals surface area contributed by atoms with Gasteiger partial charge in [-0.3, -0.25) is 9.59 Å². The van der Waals surface area contributed by atoms with Crippen molar-refractivity contribution in [3.05, 3.63) is 74.1 Å². The molecule has 3 aromatic rings. The van der Waals surface area contributed by atoms with E-state index >= 15 is 0 Å². The summed E-state index contributed by atoms with van der Waals surface area (Å²) in [6, 6.07) is 13.9. The summed E-state index contributed by atoms with van der Waals surface area (Å²) in [7, 11) is 0. The van der Waals surface area contributed by atoms with Crippen LogP contribution in [0.2, 0.25) is 0 Å². The van der Waals surface area contributed by atoms with Crippen molar-refractivity contribution in [3.8, 4) is 5.75 Å². The van der Waals surface area contributed by atoms with Crippen LogP contribution in [-0.4, -0.2) is 47.9 Å². The molecular weight excluding hydrogens is 476 g/mol. The lowest BCUT2D eigenvalue weighted by atomic mass is 10.00. The molecule has 184 valence electrons. The smallest absolute Gasteiger partial charge is 0.264 e. The van der Waals surface area contributed by atoms with Crippen LogP contribution in [0.15, 0.2) is 53.2 Å². The third kappa shape index (κ3) is 5.62. The monoisotopic (exact) mass is 508 g/mol. The molecule has 5 nitrogen and oxygen atoms in total. The number of nitrogens with zero attached hydrogens (tertiary/aromatic N) is 2. The van der Waals surface area contributed by atoms with Crippen LogP contribution in [0.1, 0.15) is 64.3 Å². The van der Waals surface area contributed by atoms with Gasteiger partial charge in [-0.25, -0.2) is 0 Å². The van der Waals surface area contributed by atoms with E-state index in [2.05, 4.69) is 37.4 Å². The van der Waals surface area contributed by atoms with Crippen molar-refractivity contribution in [2.45, 2.75) is 45.1 Å². The van der Waals surface area contributed by atoms with Crippen molar-refractivity contribution in [2.24, 2.45) is 5.92 Å². The number of thiophene rings is 2. The summed E-state index contributed by atoms with van der Waals surface area (Å²) in [5.41, 5.74) is 2.45. The normalized spacial score (nSPS) is 17.3. The molecule has 0 N–H and O–H groups in total. The van der Waals surface area contributed by atoms with Crippen LogP contribution in [0.5, 0.6) is 5.75 Å². The average Bonchev–Trinajstić information content (AvgIpc) is 3.31. The Morgan fingerprint density at radius 1 is 1.09 bits per heavy atom. The van der Waals surface area contributed by atoms with Gasteiger partial charge in [0.2, 0.25) is 5.91 Å². The quantitative estimate of drug-likeness (QED) is 0.357. The van der Waals surface area contributed by atoms with E-state index in [-0.39, 0.29) is 24.4 Å². The van der Waals surface area contributed by atoms with Gasteiger partial charge in [0, 0.05) is 18.0 Å². The largest absolute Gasteiger partial charge is 0.491 e. The van der Waals surface area contributed by atoms with E-state index in [1.165, 1.54) is 27.3 Å². The van der Waals surface area contributed by atoms with E-state index in [0.717, 1.165) is 25.0 Å². The Labute approximate surface area is 215 Å². The molecule has 1 fully saturated rings. The second kappa shape index (κ2) is 10.5. The van der Waals surface area contributed by atoms with Crippen LogP contribution in [0.4, 0.5) is 0 Å². The summed E-state index contributed by atoms with van der Waals surface area (Å²) in [6.45, 7) is 6.18. The lowest BCUT2D eigenvalue weighted by molar-refractivity contribution is -0.135. The van der Waals surface area contributed by atoms with Crippen LogP contribution >= 0.6 is 22.7 Å². The first-order valence-corrected chi connectivity index (χ1v) is 14.2. The van der Waals surface area contributed by atoms with Crippen molar-refractivity contribution in [3.63, 3.8) is 0 Å². The molecule has 7 heteroatoms. The van der Waals surface area contributed by atoms with E-state index < -0.39 is 0 Å². The van der Waals surface area contributed by atoms with Crippen molar-refractivity contribution < 1.29 is 14.3 Å². The van der Waals surface area contributed by atoms with Crippen LogP contribution in [0.25, 0.3) is 0 Å². The Morgan fingerprint density at radius 3 is 2.57 bits per heavy atom.